The average molecular weight is 260 g/mol. The summed E-state index contributed by atoms with van der Waals surface area (Å²) in [4.78, 5) is 6.91. The van der Waals surface area contributed by atoms with Gasteiger partial charge in [-0.05, 0) is 44.0 Å². The van der Waals surface area contributed by atoms with E-state index in [4.69, 9.17) is 0 Å². The molecule has 0 saturated heterocycles. The molecule has 96 valence electrons. The van der Waals surface area contributed by atoms with Crippen LogP contribution in [0, 0.1) is 0 Å². The minimum Gasteiger partial charge on any atom is -0.298 e. The molecule has 0 amide bonds. The highest BCUT2D eigenvalue weighted by Gasteiger charge is 2.31. The Morgan fingerprint density at radius 3 is 2.83 bits per heavy atom. The second kappa shape index (κ2) is 4.39. The molecule has 1 aromatic carbocycles. The molecular formula is C15H20N2S. The van der Waals surface area contributed by atoms with Crippen LogP contribution < -0.4 is 0 Å². The highest BCUT2D eigenvalue weighted by molar-refractivity contribution is 8.15. The monoisotopic (exact) mass is 260 g/mol. The number of rotatable bonds is 2. The molecule has 0 aliphatic carbocycles. The predicted molar refractivity (Wildman–Crippen MR) is 79.3 cm³/mol. The van der Waals surface area contributed by atoms with Gasteiger partial charge in [0.15, 0.2) is 0 Å². The van der Waals surface area contributed by atoms with Gasteiger partial charge in [-0.25, -0.2) is 0 Å². The van der Waals surface area contributed by atoms with Gasteiger partial charge in [0.05, 0.1) is 11.6 Å². The SMILES string of the molecule is CC1=NCC(C)(Cc2ccc3c(c2)CN(C)C3)S1. The van der Waals surface area contributed by atoms with Gasteiger partial charge in [0, 0.05) is 17.8 Å². The number of hydrogen-bond acceptors (Lipinski definition) is 3. The highest BCUT2D eigenvalue weighted by atomic mass is 32.2. The molecule has 2 aliphatic rings. The maximum absolute atomic E-state index is 4.54. The molecule has 0 N–H and O–H groups in total. The Morgan fingerprint density at radius 2 is 2.11 bits per heavy atom. The lowest BCUT2D eigenvalue weighted by Gasteiger charge is -2.22. The van der Waals surface area contributed by atoms with E-state index in [1.54, 1.807) is 0 Å². The van der Waals surface area contributed by atoms with E-state index in [9.17, 15) is 0 Å². The van der Waals surface area contributed by atoms with Crippen LogP contribution in [0.4, 0.5) is 0 Å². The van der Waals surface area contributed by atoms with Crippen LogP contribution in [0.1, 0.15) is 30.5 Å². The van der Waals surface area contributed by atoms with Gasteiger partial charge in [0.25, 0.3) is 0 Å². The summed E-state index contributed by atoms with van der Waals surface area (Å²) >= 11 is 1.94. The first-order valence-electron chi connectivity index (χ1n) is 6.53. The highest BCUT2D eigenvalue weighted by Crippen LogP contribution is 2.36. The maximum Gasteiger partial charge on any atom is 0.0651 e. The van der Waals surface area contributed by atoms with E-state index < -0.39 is 0 Å². The van der Waals surface area contributed by atoms with Crippen LogP contribution >= 0.6 is 11.8 Å². The number of benzene rings is 1. The summed E-state index contributed by atoms with van der Waals surface area (Å²) in [5.41, 5.74) is 4.47. The maximum atomic E-state index is 4.54. The van der Waals surface area contributed by atoms with E-state index in [0.29, 0.717) is 0 Å². The van der Waals surface area contributed by atoms with E-state index in [1.165, 1.54) is 21.7 Å². The first-order valence-corrected chi connectivity index (χ1v) is 7.35. The van der Waals surface area contributed by atoms with Crippen molar-refractivity contribution in [2.75, 3.05) is 13.6 Å². The molecule has 0 spiro atoms. The number of aliphatic imine (C=N–C) groups is 1. The Balaban J connectivity index is 1.77. The molecule has 1 atom stereocenters. The van der Waals surface area contributed by atoms with Crippen molar-refractivity contribution in [3.05, 3.63) is 34.9 Å². The third kappa shape index (κ3) is 2.34. The lowest BCUT2D eigenvalue weighted by atomic mass is 9.97. The molecule has 1 unspecified atom stereocenters. The minimum absolute atomic E-state index is 0.267. The van der Waals surface area contributed by atoms with Crippen molar-refractivity contribution in [1.29, 1.82) is 0 Å². The van der Waals surface area contributed by atoms with Crippen LogP contribution in [0.25, 0.3) is 0 Å². The van der Waals surface area contributed by atoms with Gasteiger partial charge < -0.3 is 0 Å². The lowest BCUT2D eigenvalue weighted by molar-refractivity contribution is 0.353. The summed E-state index contributed by atoms with van der Waals surface area (Å²) in [6.45, 7) is 7.61. The van der Waals surface area contributed by atoms with Crippen molar-refractivity contribution in [1.82, 2.24) is 4.90 Å². The van der Waals surface area contributed by atoms with Gasteiger partial charge in [-0.2, -0.15) is 0 Å². The molecule has 0 fully saturated rings. The van der Waals surface area contributed by atoms with Crippen molar-refractivity contribution in [2.45, 2.75) is 38.1 Å². The molecule has 0 aromatic heterocycles. The third-order valence-electron chi connectivity index (χ3n) is 3.76. The van der Waals surface area contributed by atoms with Crippen LogP contribution in [0.5, 0.6) is 0 Å². The van der Waals surface area contributed by atoms with Gasteiger partial charge in [-0.15, -0.1) is 11.8 Å². The van der Waals surface area contributed by atoms with Crippen molar-refractivity contribution in [2.24, 2.45) is 4.99 Å². The fourth-order valence-corrected chi connectivity index (χ4v) is 4.16. The molecule has 0 radical (unpaired) electrons. The van der Waals surface area contributed by atoms with Crippen molar-refractivity contribution >= 4 is 16.8 Å². The Hall–Kier alpha value is -0.800. The molecule has 2 heterocycles. The second-order valence-electron chi connectivity index (χ2n) is 5.84. The summed E-state index contributed by atoms with van der Waals surface area (Å²) in [6, 6.07) is 7.01. The Morgan fingerprint density at radius 1 is 1.33 bits per heavy atom. The van der Waals surface area contributed by atoms with Crippen LogP contribution in [0.2, 0.25) is 0 Å². The van der Waals surface area contributed by atoms with E-state index in [0.717, 1.165) is 26.1 Å². The summed E-state index contributed by atoms with van der Waals surface area (Å²) in [7, 11) is 2.19. The Kier molecular flexibility index (Phi) is 2.99. The molecule has 0 bridgehead atoms. The zero-order valence-corrected chi connectivity index (χ0v) is 12.2. The Bertz CT molecular complexity index is 509. The molecule has 18 heavy (non-hydrogen) atoms. The molecule has 2 nitrogen and oxygen atoms in total. The smallest absolute Gasteiger partial charge is 0.0651 e. The largest absolute Gasteiger partial charge is 0.298 e. The van der Waals surface area contributed by atoms with E-state index >= 15 is 0 Å². The van der Waals surface area contributed by atoms with E-state index in [-0.39, 0.29) is 4.75 Å². The van der Waals surface area contributed by atoms with E-state index in [1.807, 2.05) is 11.8 Å². The van der Waals surface area contributed by atoms with Crippen LogP contribution in [0.15, 0.2) is 23.2 Å². The van der Waals surface area contributed by atoms with Gasteiger partial charge in [0.2, 0.25) is 0 Å². The van der Waals surface area contributed by atoms with Crippen LogP contribution in [0.3, 0.4) is 0 Å². The molecular weight excluding hydrogens is 240 g/mol. The molecule has 2 aliphatic heterocycles. The minimum atomic E-state index is 0.267. The van der Waals surface area contributed by atoms with Crippen molar-refractivity contribution in [3.63, 3.8) is 0 Å². The van der Waals surface area contributed by atoms with Crippen molar-refractivity contribution < 1.29 is 0 Å². The van der Waals surface area contributed by atoms with Gasteiger partial charge in [-0.1, -0.05) is 18.2 Å². The quantitative estimate of drug-likeness (QED) is 0.812. The van der Waals surface area contributed by atoms with Crippen LogP contribution in [-0.4, -0.2) is 28.3 Å². The molecule has 0 saturated carbocycles. The normalized spacial score (nSPS) is 27.4. The number of hydrogen-bond donors (Lipinski definition) is 0. The zero-order valence-electron chi connectivity index (χ0n) is 11.4. The standard InChI is InChI=1S/C15H20N2S/c1-11-16-10-15(2,18-11)7-12-4-5-13-8-17(3)9-14(13)6-12/h4-6H,7-10H2,1-3H3. The second-order valence-corrected chi connectivity index (χ2v) is 7.62. The van der Waals surface area contributed by atoms with Gasteiger partial charge >= 0.3 is 0 Å². The lowest BCUT2D eigenvalue weighted by Crippen LogP contribution is -2.24. The van der Waals surface area contributed by atoms with Gasteiger partial charge in [-0.3, -0.25) is 9.89 Å². The third-order valence-corrected chi connectivity index (χ3v) is 4.95. The summed E-state index contributed by atoms with van der Waals surface area (Å²) < 4.78 is 0.267. The number of fused-ring (bicyclic) bond motifs is 1. The molecule has 3 heteroatoms. The first kappa shape index (κ1) is 12.2. The molecule has 1 aromatic rings. The molecule has 3 rings (SSSR count). The van der Waals surface area contributed by atoms with Gasteiger partial charge in [0.1, 0.15) is 0 Å². The first-order chi connectivity index (χ1) is 8.54. The average Bonchev–Trinajstić information content (AvgIpc) is 2.80. The predicted octanol–water partition coefficient (Wildman–Crippen LogP) is 3.10. The van der Waals surface area contributed by atoms with Crippen LogP contribution in [-0.2, 0) is 19.5 Å². The fraction of sp³-hybridized carbons (Fsp3) is 0.533. The zero-order chi connectivity index (χ0) is 12.8. The fourth-order valence-electron chi connectivity index (χ4n) is 2.95. The summed E-state index contributed by atoms with van der Waals surface area (Å²) in [6.07, 6.45) is 1.12. The number of nitrogens with zero attached hydrogens (tertiary/aromatic N) is 2. The Labute approximate surface area is 113 Å². The summed E-state index contributed by atoms with van der Waals surface area (Å²) in [5.74, 6) is 0. The topological polar surface area (TPSA) is 15.6 Å². The number of thioether (sulfide) groups is 1. The van der Waals surface area contributed by atoms with Crippen molar-refractivity contribution in [3.8, 4) is 0 Å². The summed E-state index contributed by atoms with van der Waals surface area (Å²) in [5, 5.41) is 1.23. The van der Waals surface area contributed by atoms with E-state index in [2.05, 4.69) is 49.0 Å².